The number of likely N-dealkylation sites (N-methyl/N-ethyl adjacent to an activating group) is 1. The van der Waals surface area contributed by atoms with Gasteiger partial charge in [-0.15, -0.1) is 11.3 Å². The molecule has 120 valence electrons. The van der Waals surface area contributed by atoms with E-state index in [1.807, 2.05) is 48.5 Å². The summed E-state index contributed by atoms with van der Waals surface area (Å²) in [7, 11) is 1.78. The number of amides is 1. The summed E-state index contributed by atoms with van der Waals surface area (Å²) in [5.41, 5.74) is 2.07. The van der Waals surface area contributed by atoms with E-state index in [1.165, 1.54) is 10.4 Å². The van der Waals surface area contributed by atoms with Gasteiger partial charge >= 0.3 is 0 Å². The topological polar surface area (TPSA) is 33.2 Å². The Morgan fingerprint density at radius 2 is 1.88 bits per heavy atom. The molecular weight excluding hydrogens is 316 g/mol. The van der Waals surface area contributed by atoms with Gasteiger partial charge in [-0.3, -0.25) is 9.78 Å². The summed E-state index contributed by atoms with van der Waals surface area (Å²) in [6.45, 7) is 0.504. The molecule has 0 spiro atoms. The Kier molecular flexibility index (Phi) is 5.18. The largest absolute Gasteiger partial charge is 0.336 e. The third kappa shape index (κ3) is 4.18. The van der Waals surface area contributed by atoms with Crippen LogP contribution in [0.5, 0.6) is 0 Å². The molecule has 24 heavy (non-hydrogen) atoms. The third-order valence-electron chi connectivity index (χ3n) is 3.58. The van der Waals surface area contributed by atoms with Crippen LogP contribution in [-0.4, -0.2) is 22.8 Å². The van der Waals surface area contributed by atoms with E-state index in [4.69, 9.17) is 0 Å². The highest BCUT2D eigenvalue weighted by atomic mass is 32.1. The normalized spacial score (nSPS) is 10.9. The molecule has 1 amide bonds. The van der Waals surface area contributed by atoms with Gasteiger partial charge in [0.2, 0.25) is 5.91 Å². The van der Waals surface area contributed by atoms with E-state index in [9.17, 15) is 4.79 Å². The van der Waals surface area contributed by atoms with Gasteiger partial charge in [0, 0.05) is 29.1 Å². The molecule has 0 aliphatic heterocycles. The first kappa shape index (κ1) is 16.1. The molecule has 0 atom stereocenters. The fraction of sp³-hybridized carbons (Fsp3) is 0.100. The maximum absolute atomic E-state index is 12.2. The number of benzene rings is 1. The first-order chi connectivity index (χ1) is 11.7. The monoisotopic (exact) mass is 334 g/mol. The Labute approximate surface area is 145 Å². The van der Waals surface area contributed by atoms with Gasteiger partial charge in [0.05, 0.1) is 12.2 Å². The Morgan fingerprint density at radius 1 is 1.08 bits per heavy atom. The average Bonchev–Trinajstić information content (AvgIpc) is 3.10. The molecule has 0 radical (unpaired) electrons. The third-order valence-corrected chi connectivity index (χ3v) is 4.68. The van der Waals surface area contributed by atoms with Gasteiger partial charge in [0.25, 0.3) is 0 Å². The van der Waals surface area contributed by atoms with Crippen LogP contribution in [0, 0.1) is 0 Å². The highest BCUT2D eigenvalue weighted by Gasteiger charge is 2.07. The van der Waals surface area contributed by atoms with E-state index in [1.54, 1.807) is 35.6 Å². The van der Waals surface area contributed by atoms with Crippen LogP contribution in [0.1, 0.15) is 10.6 Å². The summed E-state index contributed by atoms with van der Waals surface area (Å²) in [4.78, 5) is 20.4. The molecule has 3 rings (SSSR count). The minimum atomic E-state index is -0.0321. The van der Waals surface area contributed by atoms with Crippen molar-refractivity contribution >= 4 is 23.3 Å². The van der Waals surface area contributed by atoms with Gasteiger partial charge in [-0.05, 0) is 35.9 Å². The van der Waals surface area contributed by atoms with E-state index in [-0.39, 0.29) is 5.91 Å². The first-order valence-electron chi connectivity index (χ1n) is 7.71. The van der Waals surface area contributed by atoms with Crippen molar-refractivity contribution in [3.63, 3.8) is 0 Å². The van der Waals surface area contributed by atoms with Crippen LogP contribution in [0.3, 0.4) is 0 Å². The predicted molar refractivity (Wildman–Crippen MR) is 99.5 cm³/mol. The second-order valence-corrected chi connectivity index (χ2v) is 6.53. The van der Waals surface area contributed by atoms with E-state index < -0.39 is 0 Å². The minimum Gasteiger partial charge on any atom is -0.336 e. The molecule has 0 N–H and O–H groups in total. The number of aromatic nitrogens is 1. The number of thiophene rings is 1. The molecule has 4 heteroatoms. The predicted octanol–water partition coefficient (Wildman–Crippen LogP) is 4.48. The lowest BCUT2D eigenvalue weighted by molar-refractivity contribution is -0.125. The number of hydrogen-bond donors (Lipinski definition) is 0. The molecule has 0 unspecified atom stereocenters. The summed E-state index contributed by atoms with van der Waals surface area (Å²) in [6, 6.07) is 20.1. The molecule has 0 saturated carbocycles. The number of carbonyl (C=O) groups is 1. The lowest BCUT2D eigenvalue weighted by atomic mass is 10.2. The second-order valence-electron chi connectivity index (χ2n) is 5.42. The Balaban J connectivity index is 1.63. The van der Waals surface area contributed by atoms with Crippen molar-refractivity contribution in [2.75, 3.05) is 7.05 Å². The highest BCUT2D eigenvalue weighted by molar-refractivity contribution is 7.16. The lowest BCUT2D eigenvalue weighted by Gasteiger charge is -2.14. The van der Waals surface area contributed by atoms with Crippen molar-refractivity contribution in [3.05, 3.63) is 83.5 Å². The van der Waals surface area contributed by atoms with Crippen molar-refractivity contribution in [2.45, 2.75) is 6.54 Å². The lowest BCUT2D eigenvalue weighted by Crippen LogP contribution is -2.24. The van der Waals surface area contributed by atoms with Gasteiger partial charge in [-0.25, -0.2) is 0 Å². The molecule has 3 aromatic rings. The van der Waals surface area contributed by atoms with Gasteiger partial charge < -0.3 is 4.90 Å². The Bertz CT molecular complexity index is 825. The van der Waals surface area contributed by atoms with Crippen LogP contribution in [0.25, 0.3) is 16.5 Å². The second kappa shape index (κ2) is 7.70. The Hall–Kier alpha value is -2.72. The number of carbonyl (C=O) groups excluding carboxylic acids is 1. The maximum atomic E-state index is 12.2. The van der Waals surface area contributed by atoms with Crippen molar-refractivity contribution < 1.29 is 4.79 Å². The average molecular weight is 334 g/mol. The van der Waals surface area contributed by atoms with E-state index in [0.29, 0.717) is 6.54 Å². The number of rotatable bonds is 5. The molecular formula is C20H18N2OS. The smallest absolute Gasteiger partial charge is 0.246 e. The van der Waals surface area contributed by atoms with Crippen LogP contribution < -0.4 is 0 Å². The summed E-state index contributed by atoms with van der Waals surface area (Å²) < 4.78 is 0. The fourth-order valence-electron chi connectivity index (χ4n) is 2.29. The van der Waals surface area contributed by atoms with Crippen LogP contribution >= 0.6 is 11.3 Å². The SMILES string of the molecule is CN(Cc1ccccn1)C(=O)C=Cc1ccc(-c2ccccc2)s1. The number of nitrogens with zero attached hydrogens (tertiary/aromatic N) is 2. The van der Waals surface area contributed by atoms with Crippen LogP contribution in [0.4, 0.5) is 0 Å². The summed E-state index contributed by atoms with van der Waals surface area (Å²) in [5, 5.41) is 0. The first-order valence-corrected chi connectivity index (χ1v) is 8.52. The molecule has 2 aromatic heterocycles. The minimum absolute atomic E-state index is 0.0321. The van der Waals surface area contributed by atoms with E-state index in [2.05, 4.69) is 23.2 Å². The van der Waals surface area contributed by atoms with Crippen molar-refractivity contribution in [1.82, 2.24) is 9.88 Å². The Morgan fingerprint density at radius 3 is 2.62 bits per heavy atom. The highest BCUT2D eigenvalue weighted by Crippen LogP contribution is 2.28. The molecule has 1 aromatic carbocycles. The van der Waals surface area contributed by atoms with Crippen LogP contribution in [0.2, 0.25) is 0 Å². The van der Waals surface area contributed by atoms with Crippen LogP contribution in [0.15, 0.2) is 72.9 Å². The number of pyridine rings is 1. The molecule has 0 bridgehead atoms. The van der Waals surface area contributed by atoms with Gasteiger partial charge in [-0.1, -0.05) is 36.4 Å². The molecule has 3 nitrogen and oxygen atoms in total. The zero-order valence-electron chi connectivity index (χ0n) is 13.4. The maximum Gasteiger partial charge on any atom is 0.246 e. The van der Waals surface area contributed by atoms with Gasteiger partial charge in [0.1, 0.15) is 0 Å². The van der Waals surface area contributed by atoms with Gasteiger partial charge in [-0.2, -0.15) is 0 Å². The molecule has 0 aliphatic rings. The molecule has 0 aliphatic carbocycles. The summed E-state index contributed by atoms with van der Waals surface area (Å²) >= 11 is 1.67. The summed E-state index contributed by atoms with van der Waals surface area (Å²) in [6.07, 6.45) is 5.22. The van der Waals surface area contributed by atoms with Gasteiger partial charge in [0.15, 0.2) is 0 Å². The van der Waals surface area contributed by atoms with E-state index in [0.717, 1.165) is 10.6 Å². The van der Waals surface area contributed by atoms with Crippen molar-refractivity contribution in [2.24, 2.45) is 0 Å². The molecule has 0 saturated heterocycles. The standard InChI is InChI=1S/C20H18N2OS/c1-22(15-17-9-5-6-14-21-17)20(23)13-11-18-10-12-19(24-18)16-7-3-2-4-8-16/h2-14H,15H2,1H3. The zero-order chi connectivity index (χ0) is 16.8. The zero-order valence-corrected chi connectivity index (χ0v) is 14.2. The summed E-state index contributed by atoms with van der Waals surface area (Å²) in [5.74, 6) is -0.0321. The van der Waals surface area contributed by atoms with Crippen molar-refractivity contribution in [3.8, 4) is 10.4 Å². The molecule has 0 fully saturated rings. The van der Waals surface area contributed by atoms with E-state index >= 15 is 0 Å². The fourth-order valence-corrected chi connectivity index (χ4v) is 3.21. The molecule has 2 heterocycles. The number of hydrogen-bond acceptors (Lipinski definition) is 3. The quantitative estimate of drug-likeness (QED) is 0.645. The van der Waals surface area contributed by atoms with Crippen molar-refractivity contribution in [1.29, 1.82) is 0 Å². The van der Waals surface area contributed by atoms with Crippen LogP contribution in [-0.2, 0) is 11.3 Å².